The predicted octanol–water partition coefficient (Wildman–Crippen LogP) is 3.97. The molecule has 2 aromatic rings. The van der Waals surface area contributed by atoms with E-state index < -0.39 is 26.1 Å². The van der Waals surface area contributed by atoms with Gasteiger partial charge in [-0.05, 0) is 35.0 Å². The first kappa shape index (κ1) is 23.1. The van der Waals surface area contributed by atoms with E-state index in [-0.39, 0.29) is 12.4 Å². The summed E-state index contributed by atoms with van der Waals surface area (Å²) in [5.41, 5.74) is 0.822. The van der Waals surface area contributed by atoms with E-state index in [0.29, 0.717) is 22.2 Å². The Labute approximate surface area is 177 Å². The third-order valence-corrected chi connectivity index (χ3v) is 6.37. The Hall–Kier alpha value is -3.13. The zero-order chi connectivity index (χ0) is 22.3. The van der Waals surface area contributed by atoms with Crippen molar-refractivity contribution < 1.29 is 23.5 Å². The lowest BCUT2D eigenvalue weighted by Gasteiger charge is -2.20. The van der Waals surface area contributed by atoms with Crippen LogP contribution in [0, 0.1) is 5.82 Å². The molecule has 0 aromatic heterocycles. The first-order valence-electron chi connectivity index (χ1n) is 9.44. The number of halogens is 1. The maximum absolute atomic E-state index is 14.5. The number of rotatable bonds is 8. The number of anilines is 1. The maximum Gasteiger partial charge on any atom is 0.408 e. The van der Waals surface area contributed by atoms with Gasteiger partial charge in [-0.25, -0.2) is 9.18 Å². The fraction of sp³-hybridized carbons (Fsp3) is 0.273. The number of carbonyl (C=O) groups is 2. The standard InChI is InChI=1S/C22H27FN2O4Si/c1-6-13-29-22(27)25-20(15-7-10-17(28-2)11-8-15)21(26)24-16-9-12-19(18(23)14-16)30(3,4)5/h6-12,14,20H,1,13H2,2-5H3,(H,24,26)(H,25,27). The Morgan fingerprint density at radius 2 is 1.83 bits per heavy atom. The van der Waals surface area contributed by atoms with Gasteiger partial charge in [0, 0.05) is 5.69 Å². The van der Waals surface area contributed by atoms with Crippen LogP contribution in [0.1, 0.15) is 11.6 Å². The highest BCUT2D eigenvalue weighted by Crippen LogP contribution is 2.20. The molecule has 30 heavy (non-hydrogen) atoms. The summed E-state index contributed by atoms with van der Waals surface area (Å²) in [7, 11) is -0.310. The van der Waals surface area contributed by atoms with Crippen molar-refractivity contribution in [3.05, 3.63) is 66.5 Å². The molecule has 0 bridgehead atoms. The number of methoxy groups -OCH3 is 1. The van der Waals surface area contributed by atoms with Crippen LogP contribution in [0.4, 0.5) is 14.9 Å². The van der Waals surface area contributed by atoms with Gasteiger partial charge in [0.2, 0.25) is 0 Å². The van der Waals surface area contributed by atoms with Gasteiger partial charge < -0.3 is 20.1 Å². The maximum atomic E-state index is 14.5. The summed E-state index contributed by atoms with van der Waals surface area (Å²) in [4.78, 5) is 25.0. The molecule has 2 N–H and O–H groups in total. The summed E-state index contributed by atoms with van der Waals surface area (Å²) < 4.78 is 24.6. The molecule has 0 aliphatic carbocycles. The molecule has 0 saturated heterocycles. The van der Waals surface area contributed by atoms with Crippen LogP contribution in [0.15, 0.2) is 55.1 Å². The van der Waals surface area contributed by atoms with Crippen LogP contribution in [0.3, 0.4) is 0 Å². The predicted molar refractivity (Wildman–Crippen MR) is 118 cm³/mol. The molecule has 6 nitrogen and oxygen atoms in total. The van der Waals surface area contributed by atoms with Gasteiger partial charge in [-0.15, -0.1) is 0 Å². The fourth-order valence-corrected chi connectivity index (χ4v) is 4.18. The first-order chi connectivity index (χ1) is 14.2. The van der Waals surface area contributed by atoms with Crippen LogP contribution in [0.5, 0.6) is 5.75 Å². The van der Waals surface area contributed by atoms with Gasteiger partial charge in [0.05, 0.1) is 15.2 Å². The molecular weight excluding hydrogens is 403 g/mol. The average Bonchev–Trinajstić information content (AvgIpc) is 2.69. The second kappa shape index (κ2) is 10.1. The van der Waals surface area contributed by atoms with E-state index in [4.69, 9.17) is 9.47 Å². The third kappa shape index (κ3) is 6.18. The van der Waals surface area contributed by atoms with Crippen molar-refractivity contribution in [2.24, 2.45) is 0 Å². The molecule has 8 heteroatoms. The third-order valence-electron chi connectivity index (χ3n) is 4.35. The fourth-order valence-electron chi connectivity index (χ4n) is 2.81. The highest BCUT2D eigenvalue weighted by molar-refractivity contribution is 6.88. The largest absolute Gasteiger partial charge is 0.497 e. The van der Waals surface area contributed by atoms with Crippen molar-refractivity contribution in [1.29, 1.82) is 0 Å². The topological polar surface area (TPSA) is 76.7 Å². The quantitative estimate of drug-likeness (QED) is 0.491. The highest BCUT2D eigenvalue weighted by Gasteiger charge is 2.25. The van der Waals surface area contributed by atoms with E-state index in [1.807, 2.05) is 19.6 Å². The molecule has 2 amide bonds. The SMILES string of the molecule is C=CCOC(=O)NC(C(=O)Nc1ccc([Si](C)(C)C)c(F)c1)c1ccc(OC)cc1. The zero-order valence-electron chi connectivity index (χ0n) is 17.6. The number of ether oxygens (including phenoxy) is 2. The molecule has 2 rings (SSSR count). The number of amides is 2. The molecule has 1 atom stereocenters. The second-order valence-electron chi connectivity index (χ2n) is 7.67. The minimum Gasteiger partial charge on any atom is -0.497 e. The van der Waals surface area contributed by atoms with E-state index in [2.05, 4.69) is 17.2 Å². The summed E-state index contributed by atoms with van der Waals surface area (Å²) in [5, 5.41) is 5.87. The summed E-state index contributed by atoms with van der Waals surface area (Å²) in [5.74, 6) is -0.279. The molecule has 0 heterocycles. The van der Waals surface area contributed by atoms with Crippen LogP contribution in [-0.2, 0) is 9.53 Å². The number of hydrogen-bond acceptors (Lipinski definition) is 4. The normalized spacial score (nSPS) is 11.9. The van der Waals surface area contributed by atoms with Gasteiger partial charge in [0.25, 0.3) is 5.91 Å². The number of hydrogen-bond donors (Lipinski definition) is 2. The van der Waals surface area contributed by atoms with E-state index in [1.54, 1.807) is 36.4 Å². The Balaban J connectivity index is 2.26. The van der Waals surface area contributed by atoms with Gasteiger partial charge >= 0.3 is 6.09 Å². The molecule has 160 valence electrons. The van der Waals surface area contributed by atoms with Crippen molar-refractivity contribution in [3.8, 4) is 5.75 Å². The summed E-state index contributed by atoms with van der Waals surface area (Å²) in [6.45, 7) is 9.62. The Morgan fingerprint density at radius 1 is 1.17 bits per heavy atom. The van der Waals surface area contributed by atoms with Crippen molar-refractivity contribution in [2.75, 3.05) is 19.0 Å². The average molecular weight is 431 g/mol. The molecule has 0 spiro atoms. The lowest BCUT2D eigenvalue weighted by atomic mass is 10.1. The number of alkyl carbamates (subject to hydrolysis) is 1. The lowest BCUT2D eigenvalue weighted by molar-refractivity contribution is -0.118. The minimum absolute atomic E-state index is 0.00610. The van der Waals surface area contributed by atoms with Crippen molar-refractivity contribution >= 4 is 30.9 Å². The highest BCUT2D eigenvalue weighted by atomic mass is 28.3. The summed E-state index contributed by atoms with van der Waals surface area (Å²) >= 11 is 0. The molecule has 2 aromatic carbocycles. The van der Waals surface area contributed by atoms with Crippen molar-refractivity contribution in [3.63, 3.8) is 0 Å². The number of nitrogens with one attached hydrogen (secondary N) is 2. The van der Waals surface area contributed by atoms with Crippen molar-refractivity contribution in [1.82, 2.24) is 5.32 Å². The smallest absolute Gasteiger partial charge is 0.408 e. The first-order valence-corrected chi connectivity index (χ1v) is 12.9. The molecule has 0 aliphatic heterocycles. The van der Waals surface area contributed by atoms with Gasteiger partial charge in [-0.1, -0.05) is 50.5 Å². The second-order valence-corrected chi connectivity index (χ2v) is 12.7. The van der Waals surface area contributed by atoms with Crippen LogP contribution in [0.25, 0.3) is 0 Å². The van der Waals surface area contributed by atoms with Crippen LogP contribution in [0.2, 0.25) is 19.6 Å². The number of benzene rings is 2. The molecule has 0 fully saturated rings. The molecule has 0 aliphatic rings. The monoisotopic (exact) mass is 430 g/mol. The van der Waals surface area contributed by atoms with Gasteiger partial charge in [-0.2, -0.15) is 0 Å². The van der Waals surface area contributed by atoms with Crippen molar-refractivity contribution in [2.45, 2.75) is 25.7 Å². The van der Waals surface area contributed by atoms with E-state index >= 15 is 0 Å². The molecule has 0 radical (unpaired) electrons. The Morgan fingerprint density at radius 3 is 2.37 bits per heavy atom. The van der Waals surface area contributed by atoms with E-state index in [0.717, 1.165) is 0 Å². The summed E-state index contributed by atoms with van der Waals surface area (Å²) in [6.07, 6.45) is 0.649. The molecule has 1 unspecified atom stereocenters. The van der Waals surface area contributed by atoms with E-state index in [1.165, 1.54) is 19.3 Å². The molecule has 0 saturated carbocycles. The van der Waals surface area contributed by atoms with E-state index in [9.17, 15) is 14.0 Å². The number of carbonyl (C=O) groups excluding carboxylic acids is 2. The van der Waals surface area contributed by atoms with Crippen LogP contribution < -0.4 is 20.6 Å². The minimum atomic E-state index is -1.84. The van der Waals surface area contributed by atoms with Gasteiger partial charge in [0.15, 0.2) is 0 Å². The zero-order valence-corrected chi connectivity index (χ0v) is 18.6. The summed E-state index contributed by atoms with van der Waals surface area (Å²) in [6, 6.07) is 10.3. The molecular formula is C22H27FN2O4Si. The Kier molecular flexibility index (Phi) is 7.77. The van der Waals surface area contributed by atoms with Gasteiger partial charge in [-0.3, -0.25) is 4.79 Å². The van der Waals surface area contributed by atoms with Gasteiger partial charge in [0.1, 0.15) is 24.2 Å². The lowest BCUT2D eigenvalue weighted by Crippen LogP contribution is -2.40. The van der Waals surface area contributed by atoms with Crippen LogP contribution >= 0.6 is 0 Å². The Bertz CT molecular complexity index is 910. The van der Waals surface area contributed by atoms with Crippen LogP contribution in [-0.4, -0.2) is 33.8 Å².